The largest absolute Gasteiger partial charge is 0.348 e. The highest BCUT2D eigenvalue weighted by atomic mass is 15.1. The number of likely N-dealkylation sites (N-methyl/N-ethyl adjacent to an activating group) is 1. The minimum atomic E-state index is 0.0831. The van der Waals surface area contributed by atoms with E-state index in [1.54, 1.807) is 0 Å². The topological polar surface area (TPSA) is 7.12 Å². The summed E-state index contributed by atoms with van der Waals surface area (Å²) in [5, 5.41) is 0. The molecule has 0 aliphatic carbocycles. The van der Waals surface area contributed by atoms with Crippen molar-refractivity contribution in [2.45, 2.75) is 93.9 Å². The summed E-state index contributed by atoms with van der Waals surface area (Å²) in [6, 6.07) is 4.70. The summed E-state index contributed by atoms with van der Waals surface area (Å²) >= 11 is 0. The zero-order chi connectivity index (χ0) is 27.0. The van der Waals surface area contributed by atoms with Crippen LogP contribution in [-0.2, 0) is 17.9 Å². The Balaban J connectivity index is 2.41. The molecule has 2 heteroatoms. The lowest BCUT2D eigenvalue weighted by Crippen LogP contribution is -2.43. The molecule has 0 atom stereocenters. The summed E-state index contributed by atoms with van der Waals surface area (Å²) in [4.78, 5) is 2.33. The van der Waals surface area contributed by atoms with Gasteiger partial charge in [-0.25, -0.2) is 0 Å². The molecule has 0 saturated carbocycles. The average molecular weight is 476 g/mol. The van der Waals surface area contributed by atoms with Crippen LogP contribution in [0.25, 0.3) is 6.08 Å². The Morgan fingerprint density at radius 2 is 1.29 bits per heavy atom. The summed E-state index contributed by atoms with van der Waals surface area (Å²) in [5.41, 5.74) is 8.27. The zero-order valence-corrected chi connectivity index (χ0v) is 25.1. The third kappa shape index (κ3) is 7.32. The molecule has 0 saturated heterocycles. The van der Waals surface area contributed by atoms with Crippen molar-refractivity contribution in [2.75, 3.05) is 7.05 Å². The van der Waals surface area contributed by atoms with Gasteiger partial charge in [0.05, 0.1) is 0 Å². The standard InChI is InChI=1S/C33H51N2/c1-30(2,3)24-20-26(34(13)28(22-24)32(7,8)9)18-16-15-17-19-27-21-25(31(4,5)6)23-29(35(27)14)33(10,11)12/h15-23H,1-14H3/q+1. The van der Waals surface area contributed by atoms with Crippen molar-refractivity contribution in [2.24, 2.45) is 17.9 Å². The van der Waals surface area contributed by atoms with Crippen LogP contribution in [0.3, 0.4) is 0 Å². The fraction of sp³-hybridized carbons (Fsp3) is 0.545. The third-order valence-electron chi connectivity index (χ3n) is 6.71. The molecule has 0 spiro atoms. The smallest absolute Gasteiger partial charge is 0.205 e. The number of hydrogen-bond donors (Lipinski definition) is 0. The van der Waals surface area contributed by atoms with E-state index < -0.39 is 0 Å². The number of allylic oxidation sites excluding steroid dienone is 8. The van der Waals surface area contributed by atoms with Crippen LogP contribution >= 0.6 is 0 Å². The van der Waals surface area contributed by atoms with Gasteiger partial charge >= 0.3 is 0 Å². The molecule has 1 aromatic heterocycles. The lowest BCUT2D eigenvalue weighted by molar-refractivity contribution is -0.684. The Hall–Kier alpha value is -2.35. The fourth-order valence-corrected chi connectivity index (χ4v) is 4.36. The lowest BCUT2D eigenvalue weighted by atomic mass is 9.80. The van der Waals surface area contributed by atoms with Gasteiger partial charge in [0.25, 0.3) is 0 Å². The van der Waals surface area contributed by atoms with E-state index in [2.05, 4.69) is 161 Å². The number of nitrogens with zero attached hydrogens (tertiary/aromatic N) is 2. The molecule has 0 unspecified atom stereocenters. The molecule has 2 heterocycles. The first-order valence-corrected chi connectivity index (χ1v) is 13.0. The van der Waals surface area contributed by atoms with E-state index in [0.717, 1.165) is 0 Å². The molecule has 35 heavy (non-hydrogen) atoms. The predicted octanol–water partition coefficient (Wildman–Crippen LogP) is 8.41. The molecule has 0 fully saturated rings. The first-order valence-electron chi connectivity index (χ1n) is 13.0. The van der Waals surface area contributed by atoms with Gasteiger partial charge in [0.1, 0.15) is 7.05 Å². The second-order valence-corrected chi connectivity index (χ2v) is 14.1. The van der Waals surface area contributed by atoms with Crippen LogP contribution < -0.4 is 4.57 Å². The van der Waals surface area contributed by atoms with Gasteiger partial charge in [0.15, 0.2) is 5.69 Å². The summed E-state index contributed by atoms with van der Waals surface area (Å²) in [6.07, 6.45) is 15.6. The fourth-order valence-electron chi connectivity index (χ4n) is 4.36. The third-order valence-corrected chi connectivity index (χ3v) is 6.71. The molecule has 1 aliphatic heterocycles. The van der Waals surface area contributed by atoms with E-state index in [9.17, 15) is 0 Å². The first kappa shape index (κ1) is 28.9. The van der Waals surface area contributed by atoms with E-state index in [-0.39, 0.29) is 21.7 Å². The maximum Gasteiger partial charge on any atom is 0.205 e. The molecule has 0 amide bonds. The molecule has 1 aliphatic rings. The van der Waals surface area contributed by atoms with Crippen LogP contribution in [0, 0.1) is 10.8 Å². The van der Waals surface area contributed by atoms with Crippen LogP contribution in [0.2, 0.25) is 0 Å². The molecule has 0 aromatic carbocycles. The molecule has 2 rings (SSSR count). The van der Waals surface area contributed by atoms with E-state index in [1.165, 1.54) is 33.9 Å². The molecule has 0 N–H and O–H groups in total. The Bertz CT molecular complexity index is 1080. The van der Waals surface area contributed by atoms with Crippen molar-refractivity contribution in [3.63, 3.8) is 0 Å². The van der Waals surface area contributed by atoms with Crippen molar-refractivity contribution in [3.8, 4) is 0 Å². The number of pyridine rings is 1. The maximum absolute atomic E-state index is 2.37. The quantitative estimate of drug-likeness (QED) is 0.314. The molecule has 192 valence electrons. The molecular weight excluding hydrogens is 424 g/mol. The summed E-state index contributed by atoms with van der Waals surface area (Å²) < 4.78 is 2.33. The highest BCUT2D eigenvalue weighted by Crippen LogP contribution is 2.39. The van der Waals surface area contributed by atoms with Gasteiger partial charge in [0, 0.05) is 47.5 Å². The molecule has 0 bridgehead atoms. The Morgan fingerprint density at radius 1 is 0.686 bits per heavy atom. The van der Waals surface area contributed by atoms with Gasteiger partial charge in [-0.3, -0.25) is 0 Å². The summed E-state index contributed by atoms with van der Waals surface area (Å²) in [6.45, 7) is 27.4. The molecule has 2 nitrogen and oxygen atoms in total. The number of rotatable bonds is 3. The van der Waals surface area contributed by atoms with E-state index >= 15 is 0 Å². The van der Waals surface area contributed by atoms with E-state index in [0.29, 0.717) is 0 Å². The van der Waals surface area contributed by atoms with Crippen LogP contribution in [0.1, 0.15) is 100 Å². The van der Waals surface area contributed by atoms with Crippen LogP contribution in [0.4, 0.5) is 0 Å². The van der Waals surface area contributed by atoms with Crippen LogP contribution in [0.5, 0.6) is 0 Å². The van der Waals surface area contributed by atoms with Crippen molar-refractivity contribution < 1.29 is 4.57 Å². The van der Waals surface area contributed by atoms with Gasteiger partial charge in [0.2, 0.25) is 5.69 Å². The van der Waals surface area contributed by atoms with Crippen LogP contribution in [-0.4, -0.2) is 11.9 Å². The van der Waals surface area contributed by atoms with E-state index in [4.69, 9.17) is 0 Å². The number of hydrogen-bond acceptors (Lipinski definition) is 1. The minimum Gasteiger partial charge on any atom is -0.348 e. The Labute approximate surface area is 216 Å². The van der Waals surface area contributed by atoms with Crippen molar-refractivity contribution >= 4 is 6.08 Å². The minimum absolute atomic E-state index is 0.0831. The van der Waals surface area contributed by atoms with Gasteiger partial charge in [-0.15, -0.1) is 0 Å². The number of aromatic nitrogens is 1. The normalized spacial score (nSPS) is 17.5. The Morgan fingerprint density at radius 3 is 1.77 bits per heavy atom. The van der Waals surface area contributed by atoms with Gasteiger partial charge in [-0.1, -0.05) is 101 Å². The van der Waals surface area contributed by atoms with Crippen molar-refractivity contribution in [3.05, 3.63) is 82.5 Å². The second-order valence-electron chi connectivity index (χ2n) is 14.1. The summed E-state index contributed by atoms with van der Waals surface area (Å²) in [7, 11) is 4.35. The molecular formula is C33H51N2+. The van der Waals surface area contributed by atoms with Gasteiger partial charge in [-0.2, -0.15) is 4.57 Å². The van der Waals surface area contributed by atoms with Gasteiger partial charge in [-0.05, 0) is 40.2 Å². The van der Waals surface area contributed by atoms with Crippen molar-refractivity contribution in [1.82, 2.24) is 4.90 Å². The predicted molar refractivity (Wildman–Crippen MR) is 154 cm³/mol. The van der Waals surface area contributed by atoms with Crippen LogP contribution in [0.15, 0.2) is 65.6 Å². The SMILES string of the molecule is CN1C(C(C)(C)C)=CC(C(C)(C)C)=C\C1=C/C=C/C=C/c1cc(C(C)(C)C)cc(C(C)(C)C)[n+]1C. The summed E-state index contributed by atoms with van der Waals surface area (Å²) in [5.74, 6) is 0. The van der Waals surface area contributed by atoms with Crippen molar-refractivity contribution in [1.29, 1.82) is 0 Å². The highest BCUT2D eigenvalue weighted by Gasteiger charge is 2.30. The highest BCUT2D eigenvalue weighted by molar-refractivity contribution is 5.48. The first-order chi connectivity index (χ1) is 15.7. The lowest BCUT2D eigenvalue weighted by Gasteiger charge is -2.38. The Kier molecular flexibility index (Phi) is 8.22. The monoisotopic (exact) mass is 475 g/mol. The zero-order valence-electron chi connectivity index (χ0n) is 25.1. The second kappa shape index (κ2) is 9.96. The molecule has 1 aromatic rings. The van der Waals surface area contributed by atoms with Gasteiger partial charge < -0.3 is 4.90 Å². The maximum atomic E-state index is 2.37. The average Bonchev–Trinajstić information content (AvgIpc) is 2.66. The van der Waals surface area contributed by atoms with E-state index in [1.807, 2.05) is 0 Å². The molecule has 0 radical (unpaired) electrons.